The van der Waals surface area contributed by atoms with Crippen molar-refractivity contribution in [3.8, 4) is 0 Å². The predicted octanol–water partition coefficient (Wildman–Crippen LogP) is 5.17. The van der Waals surface area contributed by atoms with Gasteiger partial charge in [-0.15, -0.1) is 11.3 Å². The molecule has 7 heteroatoms. The van der Waals surface area contributed by atoms with E-state index in [9.17, 15) is 4.79 Å². The highest BCUT2D eigenvalue weighted by molar-refractivity contribution is 7.80. The van der Waals surface area contributed by atoms with E-state index in [0.29, 0.717) is 17.2 Å². The molecule has 2 heterocycles. The van der Waals surface area contributed by atoms with Crippen LogP contribution in [-0.4, -0.2) is 16.0 Å². The number of aryl methyl sites for hydroxylation is 1. The smallest absolute Gasteiger partial charge is 0.267 e. The molecule has 2 N–H and O–H groups in total. The van der Waals surface area contributed by atoms with Crippen molar-refractivity contribution in [3.63, 3.8) is 0 Å². The number of carbonyl (C=O) groups excluding carboxylic acids is 1. The topological polar surface area (TPSA) is 67.2 Å². The van der Waals surface area contributed by atoms with Gasteiger partial charge in [-0.3, -0.25) is 10.1 Å². The van der Waals surface area contributed by atoms with Gasteiger partial charge in [0.2, 0.25) is 0 Å². The normalized spacial score (nSPS) is 10.8. The van der Waals surface area contributed by atoms with Crippen LogP contribution in [0.1, 0.15) is 33.6 Å². The van der Waals surface area contributed by atoms with Gasteiger partial charge in [0, 0.05) is 12.1 Å². The Morgan fingerprint density at radius 2 is 1.93 bits per heavy atom. The van der Waals surface area contributed by atoms with Crippen LogP contribution < -0.4 is 10.6 Å². The van der Waals surface area contributed by atoms with E-state index in [1.807, 2.05) is 41.8 Å². The van der Waals surface area contributed by atoms with Crippen LogP contribution in [0.3, 0.4) is 0 Å². The van der Waals surface area contributed by atoms with Crippen LogP contribution in [0.4, 0.5) is 5.69 Å². The predicted molar refractivity (Wildman–Crippen MR) is 121 cm³/mol. The molecule has 4 rings (SSSR count). The Morgan fingerprint density at radius 3 is 2.66 bits per heavy atom. The summed E-state index contributed by atoms with van der Waals surface area (Å²) in [6.07, 6.45) is 1.58. The van der Waals surface area contributed by atoms with Crippen LogP contribution >= 0.6 is 23.6 Å². The molecule has 0 aliphatic rings. The highest BCUT2D eigenvalue weighted by Gasteiger charge is 2.10. The molecule has 0 unspecified atom stereocenters. The lowest BCUT2D eigenvalue weighted by Crippen LogP contribution is -2.33. The molecule has 0 atom stereocenters. The van der Waals surface area contributed by atoms with Crippen LogP contribution in [0.5, 0.6) is 0 Å². The molecule has 0 fully saturated rings. The molecule has 0 radical (unpaired) electrons. The molecule has 5 nitrogen and oxygen atoms in total. The maximum atomic E-state index is 12.0. The second-order valence-electron chi connectivity index (χ2n) is 6.52. The number of thiophene rings is 1. The summed E-state index contributed by atoms with van der Waals surface area (Å²) in [4.78, 5) is 17.2. The van der Waals surface area contributed by atoms with Crippen molar-refractivity contribution in [3.05, 3.63) is 81.9 Å². The third-order valence-corrected chi connectivity index (χ3v) is 5.52. The summed E-state index contributed by atoms with van der Waals surface area (Å²) in [7, 11) is 0. The van der Waals surface area contributed by atoms with Gasteiger partial charge in [-0.2, -0.15) is 0 Å². The zero-order chi connectivity index (χ0) is 20.2. The fourth-order valence-corrected chi connectivity index (χ4v) is 3.76. The zero-order valence-electron chi connectivity index (χ0n) is 15.8. The summed E-state index contributed by atoms with van der Waals surface area (Å²) >= 11 is 6.59. The van der Waals surface area contributed by atoms with E-state index in [2.05, 4.69) is 34.7 Å². The Balaban J connectivity index is 1.37. The first-order chi connectivity index (χ1) is 14.1. The Morgan fingerprint density at radius 1 is 1.14 bits per heavy atom. The number of oxazole rings is 1. The van der Waals surface area contributed by atoms with E-state index in [-0.39, 0.29) is 11.0 Å². The molecule has 0 spiro atoms. The first kappa shape index (κ1) is 19.3. The highest BCUT2D eigenvalue weighted by Crippen LogP contribution is 2.20. The second kappa shape index (κ2) is 8.55. The van der Waals surface area contributed by atoms with Crippen LogP contribution in [0, 0.1) is 0 Å². The van der Waals surface area contributed by atoms with Gasteiger partial charge in [0.25, 0.3) is 5.91 Å². The molecule has 29 heavy (non-hydrogen) atoms. The Kier molecular flexibility index (Phi) is 5.69. The van der Waals surface area contributed by atoms with Gasteiger partial charge < -0.3 is 9.73 Å². The van der Waals surface area contributed by atoms with Crippen LogP contribution in [0.2, 0.25) is 0 Å². The molecule has 0 saturated carbocycles. The minimum absolute atomic E-state index is 0.212. The number of benzene rings is 2. The van der Waals surface area contributed by atoms with E-state index < -0.39 is 0 Å². The largest absolute Gasteiger partial charge is 0.440 e. The monoisotopic (exact) mass is 421 g/mol. The van der Waals surface area contributed by atoms with Crippen molar-refractivity contribution in [2.45, 2.75) is 19.8 Å². The number of nitrogens with zero attached hydrogens (tertiary/aromatic N) is 1. The lowest BCUT2D eigenvalue weighted by molar-refractivity contribution is 0.0981. The number of aromatic nitrogens is 1. The molecule has 0 saturated heterocycles. The standard InChI is InChI=1S/C22H19N3O2S2/c1-2-14-7-10-18-17(12-14)24-20(27-18)13-15-5-8-16(9-6-15)23-22(28)25-21(26)19-4-3-11-29-19/h3-12H,2,13H2,1H3,(H2,23,25,26,28). The summed E-state index contributed by atoms with van der Waals surface area (Å²) in [6.45, 7) is 2.12. The van der Waals surface area contributed by atoms with Crippen molar-refractivity contribution in [2.24, 2.45) is 0 Å². The van der Waals surface area contributed by atoms with E-state index >= 15 is 0 Å². The van der Waals surface area contributed by atoms with Crippen molar-refractivity contribution in [2.75, 3.05) is 5.32 Å². The van der Waals surface area contributed by atoms with Crippen LogP contribution in [-0.2, 0) is 12.8 Å². The SMILES string of the molecule is CCc1ccc2oc(Cc3ccc(NC(=S)NC(=O)c4cccs4)cc3)nc2c1. The van der Waals surface area contributed by atoms with Gasteiger partial charge in [0.1, 0.15) is 5.52 Å². The van der Waals surface area contributed by atoms with Crippen molar-refractivity contribution in [1.29, 1.82) is 0 Å². The number of nitrogens with one attached hydrogen (secondary N) is 2. The summed E-state index contributed by atoms with van der Waals surface area (Å²) in [5, 5.41) is 7.82. The first-order valence-corrected chi connectivity index (χ1v) is 10.5. The van der Waals surface area contributed by atoms with E-state index in [0.717, 1.165) is 28.8 Å². The lowest BCUT2D eigenvalue weighted by atomic mass is 10.1. The molecular weight excluding hydrogens is 402 g/mol. The quantitative estimate of drug-likeness (QED) is 0.435. The number of amides is 1. The molecule has 0 bridgehead atoms. The maximum Gasteiger partial charge on any atom is 0.267 e. The van der Waals surface area contributed by atoms with Gasteiger partial charge in [0.05, 0.1) is 4.88 Å². The first-order valence-electron chi connectivity index (χ1n) is 9.24. The minimum atomic E-state index is -0.212. The van der Waals surface area contributed by atoms with Crippen LogP contribution in [0.15, 0.2) is 64.4 Å². The fourth-order valence-electron chi connectivity index (χ4n) is 2.93. The number of anilines is 1. The number of rotatable bonds is 5. The summed E-state index contributed by atoms with van der Waals surface area (Å²) in [5.74, 6) is 0.476. The number of thiocarbonyl (C=S) groups is 1. The molecule has 1 amide bonds. The van der Waals surface area contributed by atoms with Crippen molar-refractivity contribution in [1.82, 2.24) is 10.3 Å². The maximum absolute atomic E-state index is 12.0. The van der Waals surface area contributed by atoms with E-state index in [4.69, 9.17) is 16.6 Å². The third kappa shape index (κ3) is 4.70. The number of carbonyl (C=O) groups is 1. The van der Waals surface area contributed by atoms with Gasteiger partial charge in [0.15, 0.2) is 16.6 Å². The average molecular weight is 422 g/mol. The number of fused-ring (bicyclic) bond motifs is 1. The molecule has 0 aliphatic heterocycles. The highest BCUT2D eigenvalue weighted by atomic mass is 32.1. The molecular formula is C22H19N3O2S2. The zero-order valence-corrected chi connectivity index (χ0v) is 17.4. The lowest BCUT2D eigenvalue weighted by Gasteiger charge is -2.09. The number of hydrogen-bond acceptors (Lipinski definition) is 5. The van der Waals surface area contributed by atoms with E-state index in [1.54, 1.807) is 6.07 Å². The third-order valence-electron chi connectivity index (χ3n) is 4.44. The van der Waals surface area contributed by atoms with Gasteiger partial charge in [-0.05, 0) is 65.5 Å². The Labute approximate surface area is 177 Å². The molecule has 2 aromatic heterocycles. The average Bonchev–Trinajstić information content (AvgIpc) is 3.38. The second-order valence-corrected chi connectivity index (χ2v) is 7.88. The van der Waals surface area contributed by atoms with Gasteiger partial charge in [-0.25, -0.2) is 4.98 Å². The summed E-state index contributed by atoms with van der Waals surface area (Å²) in [5.41, 5.74) is 4.82. The summed E-state index contributed by atoms with van der Waals surface area (Å²) in [6, 6.07) is 17.5. The van der Waals surface area contributed by atoms with E-state index in [1.165, 1.54) is 16.9 Å². The van der Waals surface area contributed by atoms with Gasteiger partial charge in [-0.1, -0.05) is 31.2 Å². The summed E-state index contributed by atoms with van der Waals surface area (Å²) < 4.78 is 5.85. The molecule has 2 aromatic carbocycles. The van der Waals surface area contributed by atoms with Crippen LogP contribution in [0.25, 0.3) is 11.1 Å². The number of hydrogen-bond donors (Lipinski definition) is 2. The Hall–Kier alpha value is -3.03. The van der Waals surface area contributed by atoms with Gasteiger partial charge >= 0.3 is 0 Å². The Bertz CT molecular complexity index is 1150. The molecule has 4 aromatic rings. The van der Waals surface area contributed by atoms with Crippen molar-refractivity contribution < 1.29 is 9.21 Å². The fraction of sp³-hybridized carbons (Fsp3) is 0.136. The molecule has 0 aliphatic carbocycles. The van der Waals surface area contributed by atoms with Crippen molar-refractivity contribution >= 4 is 51.4 Å². The minimum Gasteiger partial charge on any atom is -0.440 e. The molecule has 146 valence electrons.